The van der Waals surface area contributed by atoms with Gasteiger partial charge in [0.1, 0.15) is 0 Å². The van der Waals surface area contributed by atoms with Gasteiger partial charge < -0.3 is 9.84 Å². The van der Waals surface area contributed by atoms with Crippen molar-refractivity contribution in [2.24, 2.45) is 0 Å². The third-order valence-electron chi connectivity index (χ3n) is 1.43. The van der Waals surface area contributed by atoms with Crippen molar-refractivity contribution in [1.82, 2.24) is 0 Å². The van der Waals surface area contributed by atoms with Crippen LogP contribution in [0.15, 0.2) is 30.3 Å². The number of hydrogen-bond acceptors (Lipinski definition) is 2. The molecule has 7 heteroatoms. The molecule has 0 aliphatic carbocycles. The summed E-state index contributed by atoms with van der Waals surface area (Å²) in [5, 5.41) is 8.38. The predicted molar refractivity (Wildman–Crippen MR) is 84.2 cm³/mol. The zero-order valence-corrected chi connectivity index (χ0v) is 13.8. The molecule has 0 unspecified atom stereocenters. The second kappa shape index (κ2) is 17.8. The summed E-state index contributed by atoms with van der Waals surface area (Å²) in [7, 11) is 0. The van der Waals surface area contributed by atoms with E-state index >= 15 is 0 Å². The summed E-state index contributed by atoms with van der Waals surface area (Å²) in [5.41, 5.74) is 0.331. The van der Waals surface area contributed by atoms with Crippen LogP contribution in [0, 0.1) is 0 Å². The van der Waals surface area contributed by atoms with Crippen LogP contribution in [0.5, 0.6) is 0 Å². The molecule has 0 saturated heterocycles. The molecule has 0 saturated carbocycles. The lowest BCUT2D eigenvalue weighted by Gasteiger charge is -1.88. The van der Waals surface area contributed by atoms with Crippen LogP contribution in [-0.2, 0) is 4.74 Å². The maximum absolute atomic E-state index is 10.2. The molecule has 0 aliphatic heterocycles. The Kier molecular flexibility index (Phi) is 22.4. The van der Waals surface area contributed by atoms with Gasteiger partial charge in [-0.05, 0) is 26.0 Å². The van der Waals surface area contributed by atoms with E-state index in [1.54, 1.807) is 30.3 Å². The Morgan fingerprint density at radius 3 is 1.68 bits per heavy atom. The molecule has 112 valence electrons. The molecule has 0 aromatic heterocycles. The van der Waals surface area contributed by atoms with E-state index in [1.807, 2.05) is 13.8 Å². The Hall–Kier alpha value is -0.190. The number of ether oxygens (including phenoxy) is 1. The first-order chi connectivity index (χ1) is 8.45. The Morgan fingerprint density at radius 1 is 1.16 bits per heavy atom. The molecule has 0 heterocycles. The molecule has 3 nitrogen and oxygen atoms in total. The van der Waals surface area contributed by atoms with Gasteiger partial charge in [0.05, 0.1) is 5.56 Å². The van der Waals surface area contributed by atoms with Gasteiger partial charge in [-0.1, -0.05) is 53.0 Å². The molecule has 0 radical (unpaired) electrons. The third-order valence-corrected chi connectivity index (χ3v) is 1.43. The fourth-order valence-electron chi connectivity index (χ4n) is 0.785. The lowest BCUT2D eigenvalue weighted by molar-refractivity contribution is 0.0697. The van der Waals surface area contributed by atoms with Gasteiger partial charge in [-0.2, -0.15) is 0 Å². The Labute approximate surface area is 135 Å². The van der Waals surface area contributed by atoms with Gasteiger partial charge in [-0.15, -0.1) is 12.4 Å². The van der Waals surface area contributed by atoms with Crippen molar-refractivity contribution in [2.75, 3.05) is 13.2 Å². The van der Waals surface area contributed by atoms with Gasteiger partial charge in [0, 0.05) is 13.2 Å². The van der Waals surface area contributed by atoms with Crippen LogP contribution in [0.3, 0.4) is 0 Å². The van der Waals surface area contributed by atoms with Crippen molar-refractivity contribution in [2.45, 2.75) is 18.1 Å². The lowest BCUT2D eigenvalue weighted by Crippen LogP contribution is -1.93. The van der Waals surface area contributed by atoms with Crippen LogP contribution in [0.25, 0.3) is 0 Å². The summed E-state index contributed by atoms with van der Waals surface area (Å²) in [6.45, 7) is 5.67. The first-order valence-electron chi connectivity index (χ1n) is 5.23. The molecule has 0 aliphatic rings. The van der Waals surface area contributed by atoms with Gasteiger partial charge in [0.15, 0.2) is 4.30 Å². The van der Waals surface area contributed by atoms with Crippen LogP contribution in [0.1, 0.15) is 24.2 Å². The van der Waals surface area contributed by atoms with Gasteiger partial charge in [-0.25, -0.2) is 4.79 Å². The van der Waals surface area contributed by atoms with Crippen molar-refractivity contribution in [3.8, 4) is 0 Å². The van der Waals surface area contributed by atoms with E-state index in [1.165, 1.54) is 0 Å². The second-order valence-electron chi connectivity index (χ2n) is 2.70. The first kappa shape index (κ1) is 23.9. The molecule has 1 aromatic carbocycles. The van der Waals surface area contributed by atoms with Gasteiger partial charge >= 0.3 is 5.97 Å². The van der Waals surface area contributed by atoms with Crippen molar-refractivity contribution in [1.29, 1.82) is 0 Å². The minimum Gasteiger partial charge on any atom is -0.478 e. The average Bonchev–Trinajstić information content (AvgIpc) is 2.31. The van der Waals surface area contributed by atoms with Crippen LogP contribution < -0.4 is 0 Å². The highest BCUT2D eigenvalue weighted by molar-refractivity contribution is 6.63. The highest BCUT2D eigenvalue weighted by Crippen LogP contribution is 2.03. The van der Waals surface area contributed by atoms with Crippen molar-refractivity contribution in [3.63, 3.8) is 0 Å². The Morgan fingerprint density at radius 2 is 1.53 bits per heavy atom. The van der Waals surface area contributed by atoms with E-state index in [-0.39, 0.29) is 12.4 Å². The maximum Gasteiger partial charge on any atom is 0.335 e. The summed E-state index contributed by atoms with van der Waals surface area (Å²) in [5.74, 6) is -0.879. The smallest absolute Gasteiger partial charge is 0.335 e. The molecule has 0 amide bonds. The number of halogens is 4. The van der Waals surface area contributed by atoms with E-state index in [0.717, 1.165) is 13.2 Å². The molecular weight excluding hydrogens is 334 g/mol. The van der Waals surface area contributed by atoms with Crippen LogP contribution in [0.4, 0.5) is 0 Å². The van der Waals surface area contributed by atoms with E-state index in [4.69, 9.17) is 44.6 Å². The predicted octanol–water partition coefficient (Wildman–Crippen LogP) is 4.84. The zero-order valence-electron chi connectivity index (χ0n) is 10.7. The molecule has 1 rings (SSSR count). The minimum absolute atomic E-state index is 0. The number of benzene rings is 1. The number of alkyl halides is 3. The first-order valence-corrected chi connectivity index (χ1v) is 6.54. The number of hydrogen-bond donors (Lipinski definition) is 1. The molecule has 1 aromatic rings. The topological polar surface area (TPSA) is 46.5 Å². The van der Waals surface area contributed by atoms with Gasteiger partial charge in [0.25, 0.3) is 0 Å². The van der Waals surface area contributed by atoms with E-state index in [2.05, 4.69) is 0 Å². The molecule has 1 N–H and O–H groups in total. The minimum atomic E-state index is -0.879. The third kappa shape index (κ3) is 23.3. The monoisotopic (exact) mass is 350 g/mol. The fourth-order valence-corrected chi connectivity index (χ4v) is 0.785. The molecule has 0 atom stereocenters. The highest BCUT2D eigenvalue weighted by Gasteiger charge is 1.96. The normalized spacial score (nSPS) is 8.32. The number of carbonyl (C=O) groups is 1. The van der Waals surface area contributed by atoms with Crippen molar-refractivity contribution >= 4 is 53.2 Å². The van der Waals surface area contributed by atoms with Crippen LogP contribution in [0.2, 0.25) is 0 Å². The Balaban J connectivity index is -0.000000222. The maximum atomic E-state index is 10.2. The number of carboxylic acids is 1. The van der Waals surface area contributed by atoms with E-state index in [0.29, 0.717) is 5.56 Å². The number of rotatable bonds is 3. The summed E-state index contributed by atoms with van der Waals surface area (Å²) < 4.78 is 4.08. The van der Waals surface area contributed by atoms with E-state index in [9.17, 15) is 4.79 Å². The van der Waals surface area contributed by atoms with Gasteiger partial charge in [-0.3, -0.25) is 0 Å². The molecule has 0 bridgehead atoms. The number of aromatic carboxylic acids is 1. The molecular formula is C12H18Cl4O3. The fraction of sp³-hybridized carbons (Fsp3) is 0.417. The summed E-state index contributed by atoms with van der Waals surface area (Å²) in [6, 6.07) is 8.30. The van der Waals surface area contributed by atoms with Crippen LogP contribution >= 0.6 is 47.2 Å². The SMILES string of the molecule is CCOCC.Cl.ClC(Cl)Cl.O=C(O)c1ccccc1. The standard InChI is InChI=1S/C7H6O2.C4H10O.CHCl3.ClH/c8-7(9)6-4-2-1-3-5-6;1-3-5-4-2;2-1(3)4;/h1-5H,(H,8,9);3-4H2,1-2H3;1H;1H. The second-order valence-corrected chi connectivity index (χ2v) is 4.68. The summed E-state index contributed by atoms with van der Waals surface area (Å²) in [4.78, 5) is 10.2. The highest BCUT2D eigenvalue weighted by atomic mass is 35.6. The molecule has 0 fully saturated rings. The van der Waals surface area contributed by atoms with Gasteiger partial charge in [0.2, 0.25) is 0 Å². The van der Waals surface area contributed by atoms with Crippen molar-refractivity contribution in [3.05, 3.63) is 35.9 Å². The largest absolute Gasteiger partial charge is 0.478 e. The molecule has 19 heavy (non-hydrogen) atoms. The van der Waals surface area contributed by atoms with Crippen LogP contribution in [-0.4, -0.2) is 28.6 Å². The lowest BCUT2D eigenvalue weighted by atomic mass is 10.2. The Bertz CT molecular complexity index is 290. The van der Waals surface area contributed by atoms with Crippen molar-refractivity contribution < 1.29 is 14.6 Å². The zero-order chi connectivity index (χ0) is 14.4. The molecule has 0 spiro atoms. The average molecular weight is 352 g/mol. The summed E-state index contributed by atoms with van der Waals surface area (Å²) in [6.07, 6.45) is 0. The number of carboxylic acid groups (broad SMARTS) is 1. The van der Waals surface area contributed by atoms with E-state index < -0.39 is 10.3 Å². The summed E-state index contributed by atoms with van der Waals surface area (Å²) >= 11 is 14.4. The quantitative estimate of drug-likeness (QED) is 0.793.